The number of amides is 1. The van der Waals surface area contributed by atoms with Crippen LogP contribution >= 0.6 is 15.9 Å². The minimum absolute atomic E-state index is 0.0437. The molecule has 1 amide bonds. The zero-order chi connectivity index (χ0) is 16.1. The van der Waals surface area contributed by atoms with Crippen LogP contribution in [-0.4, -0.2) is 43.6 Å². The third-order valence-electron chi connectivity index (χ3n) is 3.93. The second-order valence-electron chi connectivity index (χ2n) is 6.10. The monoisotopic (exact) mass is 368 g/mol. The van der Waals surface area contributed by atoms with Crippen molar-refractivity contribution < 1.29 is 9.53 Å². The summed E-state index contributed by atoms with van der Waals surface area (Å²) in [5.41, 5.74) is 0.656. The van der Waals surface area contributed by atoms with Gasteiger partial charge in [-0.25, -0.2) is 0 Å². The zero-order valence-corrected chi connectivity index (χ0v) is 15.1. The van der Waals surface area contributed by atoms with Crippen LogP contribution in [0, 0.1) is 5.92 Å². The van der Waals surface area contributed by atoms with Crippen molar-refractivity contribution in [1.82, 2.24) is 10.2 Å². The molecule has 5 heteroatoms. The van der Waals surface area contributed by atoms with Crippen LogP contribution in [-0.2, 0) is 0 Å². The van der Waals surface area contributed by atoms with E-state index in [1.807, 2.05) is 44.0 Å². The van der Waals surface area contributed by atoms with Gasteiger partial charge in [0.1, 0.15) is 5.75 Å². The Labute approximate surface area is 141 Å². The van der Waals surface area contributed by atoms with Gasteiger partial charge in [-0.15, -0.1) is 0 Å². The van der Waals surface area contributed by atoms with Crippen molar-refractivity contribution in [2.75, 3.05) is 26.7 Å². The SMILES string of the molecule is CNCC1CCN(C(=O)c2ccc(Br)cc2OC(C)C)CC1. The van der Waals surface area contributed by atoms with E-state index in [0.29, 0.717) is 17.2 Å². The summed E-state index contributed by atoms with van der Waals surface area (Å²) >= 11 is 3.44. The van der Waals surface area contributed by atoms with Crippen LogP contribution in [0.4, 0.5) is 0 Å². The number of nitrogens with zero attached hydrogens (tertiary/aromatic N) is 1. The largest absolute Gasteiger partial charge is 0.490 e. The van der Waals surface area contributed by atoms with Crippen LogP contribution in [0.15, 0.2) is 22.7 Å². The van der Waals surface area contributed by atoms with Gasteiger partial charge in [0.15, 0.2) is 0 Å². The predicted molar refractivity (Wildman–Crippen MR) is 92.5 cm³/mol. The summed E-state index contributed by atoms with van der Waals surface area (Å²) in [6.45, 7) is 6.61. The van der Waals surface area contributed by atoms with E-state index in [9.17, 15) is 4.79 Å². The van der Waals surface area contributed by atoms with Crippen LogP contribution in [0.2, 0.25) is 0 Å². The molecule has 2 rings (SSSR count). The van der Waals surface area contributed by atoms with Gasteiger partial charge in [0, 0.05) is 17.6 Å². The second-order valence-corrected chi connectivity index (χ2v) is 7.02. The highest BCUT2D eigenvalue weighted by Gasteiger charge is 2.25. The lowest BCUT2D eigenvalue weighted by molar-refractivity contribution is 0.0685. The molecule has 1 aliphatic heterocycles. The molecule has 1 aromatic rings. The number of rotatable bonds is 5. The molecule has 22 heavy (non-hydrogen) atoms. The highest BCUT2D eigenvalue weighted by Crippen LogP contribution is 2.27. The van der Waals surface area contributed by atoms with Gasteiger partial charge in [-0.05, 0) is 64.4 Å². The molecule has 1 heterocycles. The number of hydrogen-bond acceptors (Lipinski definition) is 3. The normalized spacial score (nSPS) is 16.1. The summed E-state index contributed by atoms with van der Waals surface area (Å²) in [4.78, 5) is 14.7. The first-order valence-corrected chi connectivity index (χ1v) is 8.70. The van der Waals surface area contributed by atoms with Gasteiger partial charge in [-0.1, -0.05) is 15.9 Å². The number of carbonyl (C=O) groups excluding carboxylic acids is 1. The van der Waals surface area contributed by atoms with E-state index in [-0.39, 0.29) is 12.0 Å². The Kier molecular flexibility index (Phi) is 6.26. The van der Waals surface area contributed by atoms with Crippen molar-refractivity contribution in [2.45, 2.75) is 32.8 Å². The molecule has 1 saturated heterocycles. The number of benzene rings is 1. The van der Waals surface area contributed by atoms with Crippen LogP contribution in [0.25, 0.3) is 0 Å². The van der Waals surface area contributed by atoms with E-state index in [1.54, 1.807) is 0 Å². The third-order valence-corrected chi connectivity index (χ3v) is 4.42. The third kappa shape index (κ3) is 4.46. The number of nitrogens with one attached hydrogen (secondary N) is 1. The van der Waals surface area contributed by atoms with Gasteiger partial charge in [0.05, 0.1) is 11.7 Å². The number of likely N-dealkylation sites (tertiary alicyclic amines) is 1. The molecular weight excluding hydrogens is 344 g/mol. The first-order chi connectivity index (χ1) is 10.5. The lowest BCUT2D eigenvalue weighted by atomic mass is 9.96. The Hall–Kier alpha value is -1.07. The highest BCUT2D eigenvalue weighted by molar-refractivity contribution is 9.10. The van der Waals surface area contributed by atoms with Crippen LogP contribution in [0.3, 0.4) is 0 Å². The van der Waals surface area contributed by atoms with Gasteiger partial charge < -0.3 is 15.0 Å². The quantitative estimate of drug-likeness (QED) is 0.866. The molecule has 0 radical (unpaired) electrons. The van der Waals surface area contributed by atoms with Gasteiger partial charge in [0.2, 0.25) is 0 Å². The molecule has 0 bridgehead atoms. The molecule has 4 nitrogen and oxygen atoms in total. The number of hydrogen-bond donors (Lipinski definition) is 1. The molecule has 0 aromatic heterocycles. The Bertz CT molecular complexity index is 511. The van der Waals surface area contributed by atoms with Crippen molar-refractivity contribution in [1.29, 1.82) is 0 Å². The molecule has 0 saturated carbocycles. The summed E-state index contributed by atoms with van der Waals surface area (Å²) in [7, 11) is 1.98. The lowest BCUT2D eigenvalue weighted by Crippen LogP contribution is -2.40. The van der Waals surface area contributed by atoms with Gasteiger partial charge in [-0.2, -0.15) is 0 Å². The van der Waals surface area contributed by atoms with Crippen LogP contribution < -0.4 is 10.1 Å². The number of piperidine rings is 1. The maximum atomic E-state index is 12.8. The minimum atomic E-state index is 0.0437. The maximum Gasteiger partial charge on any atom is 0.257 e. The van der Waals surface area contributed by atoms with Gasteiger partial charge >= 0.3 is 0 Å². The zero-order valence-electron chi connectivity index (χ0n) is 13.6. The maximum absolute atomic E-state index is 12.8. The Morgan fingerprint density at radius 1 is 1.41 bits per heavy atom. The summed E-state index contributed by atoms with van der Waals surface area (Å²) < 4.78 is 6.73. The fourth-order valence-corrected chi connectivity index (χ4v) is 3.16. The van der Waals surface area contributed by atoms with Crippen molar-refractivity contribution >= 4 is 21.8 Å². The van der Waals surface area contributed by atoms with Crippen molar-refractivity contribution in [2.24, 2.45) is 5.92 Å². The molecule has 1 N–H and O–H groups in total. The average Bonchev–Trinajstić information content (AvgIpc) is 2.47. The fourth-order valence-electron chi connectivity index (χ4n) is 2.82. The smallest absolute Gasteiger partial charge is 0.257 e. The lowest BCUT2D eigenvalue weighted by Gasteiger charge is -2.32. The van der Waals surface area contributed by atoms with E-state index in [1.165, 1.54) is 0 Å². The first kappa shape index (κ1) is 17.3. The van der Waals surface area contributed by atoms with Crippen LogP contribution in [0.1, 0.15) is 37.0 Å². The fraction of sp³-hybridized carbons (Fsp3) is 0.588. The highest BCUT2D eigenvalue weighted by atomic mass is 79.9. The van der Waals surface area contributed by atoms with Gasteiger partial charge in [0.25, 0.3) is 5.91 Å². The van der Waals surface area contributed by atoms with E-state index >= 15 is 0 Å². The Morgan fingerprint density at radius 2 is 2.09 bits per heavy atom. The summed E-state index contributed by atoms with van der Waals surface area (Å²) in [5, 5.41) is 3.22. The van der Waals surface area contributed by atoms with Gasteiger partial charge in [-0.3, -0.25) is 4.79 Å². The Balaban J connectivity index is 2.09. The first-order valence-electron chi connectivity index (χ1n) is 7.91. The molecule has 0 unspecified atom stereocenters. The molecular formula is C17H25BrN2O2. The molecule has 122 valence electrons. The topological polar surface area (TPSA) is 41.6 Å². The number of halogens is 1. The predicted octanol–water partition coefficient (Wildman–Crippen LogP) is 3.31. The molecule has 0 spiro atoms. The Morgan fingerprint density at radius 3 is 2.68 bits per heavy atom. The van der Waals surface area contributed by atoms with Crippen molar-refractivity contribution in [3.05, 3.63) is 28.2 Å². The summed E-state index contributed by atoms with van der Waals surface area (Å²) in [6, 6.07) is 5.62. The molecule has 1 aromatic carbocycles. The van der Waals surface area contributed by atoms with E-state index in [4.69, 9.17) is 4.74 Å². The standard InChI is InChI=1S/C17H25BrN2O2/c1-12(2)22-16-10-14(18)4-5-15(16)17(21)20-8-6-13(7-9-20)11-19-3/h4-5,10,12-13,19H,6-9,11H2,1-3H3. The van der Waals surface area contributed by atoms with Crippen LogP contribution in [0.5, 0.6) is 5.75 Å². The van der Waals surface area contributed by atoms with Crippen molar-refractivity contribution in [3.8, 4) is 5.75 Å². The minimum Gasteiger partial charge on any atom is -0.490 e. The molecule has 1 fully saturated rings. The average molecular weight is 369 g/mol. The molecule has 0 aliphatic carbocycles. The number of carbonyl (C=O) groups is 1. The van der Waals surface area contributed by atoms with E-state index in [0.717, 1.165) is 36.9 Å². The second kappa shape index (κ2) is 7.97. The molecule has 1 aliphatic rings. The summed E-state index contributed by atoms with van der Waals surface area (Å²) in [5.74, 6) is 1.41. The number of ether oxygens (including phenoxy) is 1. The molecule has 0 atom stereocenters. The summed E-state index contributed by atoms with van der Waals surface area (Å²) in [6.07, 6.45) is 2.16. The van der Waals surface area contributed by atoms with E-state index in [2.05, 4.69) is 21.2 Å². The van der Waals surface area contributed by atoms with Crippen molar-refractivity contribution in [3.63, 3.8) is 0 Å². The van der Waals surface area contributed by atoms with E-state index < -0.39 is 0 Å².